The van der Waals surface area contributed by atoms with E-state index in [1.807, 2.05) is 0 Å². The zero-order chi connectivity index (χ0) is 18.6. The van der Waals surface area contributed by atoms with Gasteiger partial charge in [-0.25, -0.2) is 0 Å². The van der Waals surface area contributed by atoms with Crippen molar-refractivity contribution < 1.29 is 38.6 Å². The van der Waals surface area contributed by atoms with E-state index < -0.39 is 36.0 Å². The van der Waals surface area contributed by atoms with Gasteiger partial charge in [0.1, 0.15) is 0 Å². The molecule has 0 amide bonds. The molecule has 0 radical (unpaired) electrons. The van der Waals surface area contributed by atoms with Crippen LogP contribution in [0.2, 0.25) is 0 Å². The lowest BCUT2D eigenvalue weighted by Gasteiger charge is -2.42. The fourth-order valence-electron chi connectivity index (χ4n) is 2.77. The van der Waals surface area contributed by atoms with E-state index in [4.69, 9.17) is 5.11 Å². The Balaban J connectivity index is 2.21. The number of aliphatic carboxylic acids is 1. The molecule has 11 nitrogen and oxygen atoms in total. The first-order valence-electron chi connectivity index (χ1n) is 7.67. The number of likely N-dealkylation sites (N-methyl/N-ethyl adjacent to an activating group) is 1. The van der Waals surface area contributed by atoms with Crippen molar-refractivity contribution in [2.75, 3.05) is 45.8 Å². The van der Waals surface area contributed by atoms with Crippen molar-refractivity contribution in [3.8, 4) is 0 Å². The van der Waals surface area contributed by atoms with Crippen LogP contribution in [-0.2, 0) is 33.4 Å². The van der Waals surface area contributed by atoms with E-state index in [1.165, 1.54) is 9.80 Å². The lowest BCUT2D eigenvalue weighted by atomic mass is 10.2. The summed E-state index contributed by atoms with van der Waals surface area (Å²) in [5, 5.41) is 8.99. The Hall–Kier alpha value is -2.37. The van der Waals surface area contributed by atoms with Crippen molar-refractivity contribution >= 4 is 29.8 Å². The van der Waals surface area contributed by atoms with Gasteiger partial charge >= 0.3 is 29.8 Å². The molecule has 1 N–H and O–H groups in total. The summed E-state index contributed by atoms with van der Waals surface area (Å²) in [6, 6.07) is 0. The fraction of sp³-hybridized carbons (Fsp3) is 0.643. The maximum atomic E-state index is 11.6. The van der Waals surface area contributed by atoms with E-state index >= 15 is 0 Å². The fourth-order valence-corrected chi connectivity index (χ4v) is 2.77. The minimum atomic E-state index is -1.04. The number of carboxylic acids is 1. The van der Waals surface area contributed by atoms with Crippen molar-refractivity contribution in [3.63, 3.8) is 0 Å². The highest BCUT2D eigenvalue weighted by molar-refractivity contribution is 5.91. The largest absolute Gasteiger partial charge is 0.480 e. The molecule has 2 aliphatic heterocycles. The summed E-state index contributed by atoms with van der Waals surface area (Å²) < 4.78 is 8.98. The van der Waals surface area contributed by atoms with Gasteiger partial charge in [-0.2, -0.15) is 0 Å². The van der Waals surface area contributed by atoms with Crippen LogP contribution in [0.3, 0.4) is 0 Å². The molecule has 0 unspecified atom stereocenters. The number of rotatable bonds is 7. The van der Waals surface area contributed by atoms with Crippen LogP contribution in [-0.4, -0.2) is 102 Å². The van der Waals surface area contributed by atoms with E-state index in [0.717, 1.165) is 0 Å². The second-order valence-electron chi connectivity index (χ2n) is 5.70. The summed E-state index contributed by atoms with van der Waals surface area (Å²) in [5.74, 6) is -4.01. The number of nitrogens with zero attached hydrogens (tertiary/aromatic N) is 3. The number of carbonyl (C=O) groups is 5. The van der Waals surface area contributed by atoms with Gasteiger partial charge in [0, 0.05) is 6.54 Å². The molecule has 11 heteroatoms. The molecule has 0 spiro atoms. The van der Waals surface area contributed by atoms with Crippen molar-refractivity contribution in [1.82, 2.24) is 14.7 Å². The smallest absolute Gasteiger partial charge is 0.327 e. The zero-order valence-electron chi connectivity index (χ0n) is 13.7. The third-order valence-corrected chi connectivity index (χ3v) is 3.85. The molecule has 25 heavy (non-hydrogen) atoms. The van der Waals surface area contributed by atoms with E-state index in [-0.39, 0.29) is 39.3 Å². The summed E-state index contributed by atoms with van der Waals surface area (Å²) in [7, 11) is 0. The highest BCUT2D eigenvalue weighted by Gasteiger charge is 2.38. The van der Waals surface area contributed by atoms with E-state index in [0.29, 0.717) is 6.54 Å². The van der Waals surface area contributed by atoms with Gasteiger partial charge in [0.05, 0.1) is 38.9 Å². The van der Waals surface area contributed by atoms with Crippen molar-refractivity contribution in [1.29, 1.82) is 0 Å². The van der Waals surface area contributed by atoms with Crippen LogP contribution in [0.5, 0.6) is 0 Å². The van der Waals surface area contributed by atoms with Crippen LogP contribution in [0, 0.1) is 0 Å². The van der Waals surface area contributed by atoms with E-state index in [1.54, 1.807) is 11.8 Å². The third kappa shape index (κ3) is 5.31. The van der Waals surface area contributed by atoms with Gasteiger partial charge in [0.2, 0.25) is 0 Å². The normalized spacial score (nSPS) is 20.1. The minimum Gasteiger partial charge on any atom is -0.480 e. The standard InChI is InChI=1S/C14H19N3O8/c1-2-15(4-10(18)19)3-9(16-5-11(20)24-12(21)6-16)17-7-13(22)25-14(23)8-17/h9H,2-8H2,1H3,(H,18,19). The summed E-state index contributed by atoms with van der Waals surface area (Å²) in [5.41, 5.74) is 0. The topological polar surface area (TPSA) is 134 Å². The van der Waals surface area contributed by atoms with Gasteiger partial charge < -0.3 is 14.6 Å². The molecule has 0 aliphatic carbocycles. The van der Waals surface area contributed by atoms with Gasteiger partial charge in [0.25, 0.3) is 0 Å². The Morgan fingerprint density at radius 1 is 1.00 bits per heavy atom. The highest BCUT2D eigenvalue weighted by Crippen LogP contribution is 2.15. The minimum absolute atomic E-state index is 0.115. The summed E-state index contributed by atoms with van der Waals surface area (Å²) in [4.78, 5) is 61.7. The summed E-state index contributed by atoms with van der Waals surface area (Å²) >= 11 is 0. The highest BCUT2D eigenvalue weighted by atomic mass is 16.6. The van der Waals surface area contributed by atoms with E-state index in [9.17, 15) is 24.0 Å². The van der Waals surface area contributed by atoms with Gasteiger partial charge in [-0.3, -0.25) is 38.7 Å². The maximum Gasteiger partial charge on any atom is 0.327 e. The molecule has 0 bridgehead atoms. The van der Waals surface area contributed by atoms with Crippen LogP contribution in [0.1, 0.15) is 6.92 Å². The van der Waals surface area contributed by atoms with Gasteiger partial charge in [0.15, 0.2) is 0 Å². The molecule has 2 saturated heterocycles. The number of hydrogen-bond acceptors (Lipinski definition) is 10. The van der Waals surface area contributed by atoms with Gasteiger partial charge in [-0.15, -0.1) is 0 Å². The van der Waals surface area contributed by atoms with Gasteiger partial charge in [-0.1, -0.05) is 6.92 Å². The molecule has 0 aromatic rings. The molecular weight excluding hydrogens is 338 g/mol. The Morgan fingerprint density at radius 2 is 1.40 bits per heavy atom. The number of ether oxygens (including phenoxy) is 2. The SMILES string of the molecule is CCN(CC(=O)O)CC(N1CC(=O)OC(=O)C1)N1CC(=O)OC(=O)C1. The average Bonchev–Trinajstić information content (AvgIpc) is 2.48. The second kappa shape index (κ2) is 8.14. The molecule has 0 aromatic heterocycles. The molecule has 2 heterocycles. The van der Waals surface area contributed by atoms with Crippen LogP contribution in [0.15, 0.2) is 0 Å². The Bertz CT molecular complexity index is 523. The Labute approximate surface area is 143 Å². The zero-order valence-corrected chi connectivity index (χ0v) is 13.7. The second-order valence-corrected chi connectivity index (χ2v) is 5.70. The predicted molar refractivity (Wildman–Crippen MR) is 78.9 cm³/mol. The number of hydrogen-bond donors (Lipinski definition) is 1. The lowest BCUT2D eigenvalue weighted by molar-refractivity contribution is -0.175. The van der Waals surface area contributed by atoms with Crippen LogP contribution < -0.4 is 0 Å². The molecule has 2 rings (SSSR count). The number of carbonyl (C=O) groups excluding carboxylic acids is 4. The molecule has 0 aromatic carbocycles. The Kier molecular flexibility index (Phi) is 6.17. The summed E-state index contributed by atoms with van der Waals surface area (Å²) in [6.07, 6.45) is -0.701. The third-order valence-electron chi connectivity index (χ3n) is 3.85. The first kappa shape index (κ1) is 19.0. The number of carboxylic acid groups (broad SMARTS) is 1. The number of cyclic esters (lactones) is 4. The first-order valence-corrected chi connectivity index (χ1v) is 7.67. The van der Waals surface area contributed by atoms with Crippen molar-refractivity contribution in [3.05, 3.63) is 0 Å². The van der Waals surface area contributed by atoms with Gasteiger partial charge in [-0.05, 0) is 6.54 Å². The van der Waals surface area contributed by atoms with Crippen molar-refractivity contribution in [2.45, 2.75) is 13.1 Å². The molecule has 2 aliphatic rings. The number of morpholine rings is 2. The van der Waals surface area contributed by atoms with E-state index in [2.05, 4.69) is 9.47 Å². The lowest BCUT2D eigenvalue weighted by Crippen LogP contribution is -2.62. The van der Waals surface area contributed by atoms with Crippen LogP contribution >= 0.6 is 0 Å². The molecule has 0 atom stereocenters. The Morgan fingerprint density at radius 3 is 1.72 bits per heavy atom. The molecular formula is C14H19N3O8. The van der Waals surface area contributed by atoms with Crippen molar-refractivity contribution in [2.24, 2.45) is 0 Å². The maximum absolute atomic E-state index is 11.6. The molecule has 2 fully saturated rings. The molecule has 0 saturated carbocycles. The first-order chi connectivity index (χ1) is 11.8. The summed E-state index contributed by atoms with van der Waals surface area (Å²) in [6.45, 7) is 1.17. The van der Waals surface area contributed by atoms with Crippen LogP contribution in [0.25, 0.3) is 0 Å². The monoisotopic (exact) mass is 357 g/mol. The quantitative estimate of drug-likeness (QED) is 0.382. The predicted octanol–water partition coefficient (Wildman–Crippen LogP) is -2.51. The number of esters is 4. The van der Waals surface area contributed by atoms with Crippen LogP contribution in [0.4, 0.5) is 0 Å². The molecule has 138 valence electrons. The average molecular weight is 357 g/mol.